The fourth-order valence-corrected chi connectivity index (χ4v) is 1.77. The number of nitrogens with two attached hydrogens (primary N) is 1. The Morgan fingerprint density at radius 3 is 2.88 bits per heavy atom. The Morgan fingerprint density at radius 2 is 2.25 bits per heavy atom. The molecule has 3 heteroatoms. The lowest BCUT2D eigenvalue weighted by molar-refractivity contribution is 0.831. The molecular formula is C13H17N3. The Balaban J connectivity index is 2.29. The quantitative estimate of drug-likeness (QED) is 0.851. The summed E-state index contributed by atoms with van der Waals surface area (Å²) >= 11 is 0. The summed E-state index contributed by atoms with van der Waals surface area (Å²) in [6.07, 6.45) is 4.77. The minimum Gasteiger partial charge on any atom is -0.340 e. The first-order chi connectivity index (χ1) is 7.70. The molecule has 0 aliphatic heterocycles. The van der Waals surface area contributed by atoms with Crippen molar-refractivity contribution in [3.05, 3.63) is 53.6 Å². The molecule has 3 nitrogen and oxygen atoms in total. The monoisotopic (exact) mass is 215 g/mol. The summed E-state index contributed by atoms with van der Waals surface area (Å²) in [4.78, 5) is 4.29. The van der Waals surface area contributed by atoms with Gasteiger partial charge in [-0.1, -0.05) is 31.2 Å². The predicted octanol–water partition coefficient (Wildman–Crippen LogP) is 2.03. The van der Waals surface area contributed by atoms with Gasteiger partial charge >= 0.3 is 0 Å². The standard InChI is InChI=1S/C13H17N3/c1-3-10-5-4-6-11(7-10)13(14)12-8-16(2)9-15-12/h4-9,13H,3,14H2,1-2H3. The Hall–Kier alpha value is -1.61. The van der Waals surface area contributed by atoms with E-state index in [1.807, 2.05) is 17.8 Å². The van der Waals surface area contributed by atoms with Crippen molar-refractivity contribution in [3.63, 3.8) is 0 Å². The smallest absolute Gasteiger partial charge is 0.0947 e. The van der Waals surface area contributed by atoms with Crippen molar-refractivity contribution in [1.29, 1.82) is 0 Å². The second-order valence-corrected chi connectivity index (χ2v) is 4.04. The van der Waals surface area contributed by atoms with E-state index in [1.165, 1.54) is 5.56 Å². The summed E-state index contributed by atoms with van der Waals surface area (Å²) in [7, 11) is 1.95. The molecule has 2 rings (SSSR count). The van der Waals surface area contributed by atoms with E-state index in [-0.39, 0.29) is 6.04 Å². The van der Waals surface area contributed by atoms with Crippen LogP contribution in [-0.4, -0.2) is 9.55 Å². The van der Waals surface area contributed by atoms with Gasteiger partial charge in [0.1, 0.15) is 0 Å². The molecule has 0 aliphatic carbocycles. The molecule has 0 saturated heterocycles. The van der Waals surface area contributed by atoms with E-state index in [0.29, 0.717) is 0 Å². The first-order valence-corrected chi connectivity index (χ1v) is 5.53. The molecule has 0 saturated carbocycles. The highest BCUT2D eigenvalue weighted by atomic mass is 15.0. The summed E-state index contributed by atoms with van der Waals surface area (Å²) in [5, 5.41) is 0. The minimum atomic E-state index is -0.132. The molecule has 0 fully saturated rings. The molecular weight excluding hydrogens is 198 g/mol. The molecule has 1 aromatic heterocycles. The zero-order valence-electron chi connectivity index (χ0n) is 9.72. The topological polar surface area (TPSA) is 43.8 Å². The molecule has 0 bridgehead atoms. The Kier molecular flexibility index (Phi) is 3.06. The van der Waals surface area contributed by atoms with E-state index < -0.39 is 0 Å². The molecule has 1 aromatic carbocycles. The maximum Gasteiger partial charge on any atom is 0.0947 e. The number of aryl methyl sites for hydroxylation is 2. The van der Waals surface area contributed by atoms with Gasteiger partial charge in [0.2, 0.25) is 0 Å². The molecule has 2 aromatic rings. The summed E-state index contributed by atoms with van der Waals surface area (Å²) in [5.74, 6) is 0. The Morgan fingerprint density at radius 1 is 1.44 bits per heavy atom. The number of hydrogen-bond donors (Lipinski definition) is 1. The summed E-state index contributed by atoms with van der Waals surface area (Å²) in [6, 6.07) is 8.25. The average Bonchev–Trinajstić information content (AvgIpc) is 2.75. The Bertz CT molecular complexity index is 474. The highest BCUT2D eigenvalue weighted by Crippen LogP contribution is 2.18. The fraction of sp³-hybridized carbons (Fsp3) is 0.308. The molecule has 0 aliphatic rings. The second kappa shape index (κ2) is 4.49. The lowest BCUT2D eigenvalue weighted by atomic mass is 10.0. The maximum atomic E-state index is 6.18. The second-order valence-electron chi connectivity index (χ2n) is 4.04. The van der Waals surface area contributed by atoms with Crippen LogP contribution in [0.25, 0.3) is 0 Å². The van der Waals surface area contributed by atoms with Crippen LogP contribution in [-0.2, 0) is 13.5 Å². The van der Waals surface area contributed by atoms with Gasteiger partial charge in [0.15, 0.2) is 0 Å². The molecule has 0 amide bonds. The van der Waals surface area contributed by atoms with Crippen LogP contribution in [0.1, 0.15) is 29.8 Å². The molecule has 1 unspecified atom stereocenters. The minimum absolute atomic E-state index is 0.132. The summed E-state index contributed by atoms with van der Waals surface area (Å²) in [6.45, 7) is 2.14. The largest absolute Gasteiger partial charge is 0.340 e. The number of aromatic nitrogens is 2. The lowest BCUT2D eigenvalue weighted by Crippen LogP contribution is -2.12. The molecule has 1 heterocycles. The van der Waals surface area contributed by atoms with Gasteiger partial charge in [-0.05, 0) is 17.5 Å². The van der Waals surface area contributed by atoms with E-state index in [0.717, 1.165) is 17.7 Å². The third-order valence-electron chi connectivity index (χ3n) is 2.76. The number of imidazole rings is 1. The van der Waals surface area contributed by atoms with Crippen LogP contribution in [0.3, 0.4) is 0 Å². The van der Waals surface area contributed by atoms with Crippen LogP contribution in [0.2, 0.25) is 0 Å². The maximum absolute atomic E-state index is 6.18. The van der Waals surface area contributed by atoms with Gasteiger partial charge in [0.05, 0.1) is 18.1 Å². The van der Waals surface area contributed by atoms with Crippen molar-refractivity contribution in [1.82, 2.24) is 9.55 Å². The van der Waals surface area contributed by atoms with Crippen LogP contribution in [0.4, 0.5) is 0 Å². The first-order valence-electron chi connectivity index (χ1n) is 5.53. The molecule has 84 valence electrons. The van der Waals surface area contributed by atoms with Crippen molar-refractivity contribution in [2.75, 3.05) is 0 Å². The normalized spacial score (nSPS) is 12.7. The van der Waals surface area contributed by atoms with Crippen LogP contribution < -0.4 is 5.73 Å². The SMILES string of the molecule is CCc1cccc(C(N)c2cn(C)cn2)c1. The van der Waals surface area contributed by atoms with Crippen molar-refractivity contribution in [2.24, 2.45) is 12.8 Å². The Labute approximate surface area is 95.9 Å². The fourth-order valence-electron chi connectivity index (χ4n) is 1.77. The van der Waals surface area contributed by atoms with E-state index in [2.05, 4.69) is 36.2 Å². The van der Waals surface area contributed by atoms with Gasteiger partial charge in [-0.25, -0.2) is 4.98 Å². The highest BCUT2D eigenvalue weighted by molar-refractivity contribution is 5.30. The third kappa shape index (κ3) is 2.14. The number of hydrogen-bond acceptors (Lipinski definition) is 2. The molecule has 16 heavy (non-hydrogen) atoms. The molecule has 0 spiro atoms. The van der Waals surface area contributed by atoms with Gasteiger partial charge in [-0.3, -0.25) is 0 Å². The van der Waals surface area contributed by atoms with Crippen LogP contribution >= 0.6 is 0 Å². The van der Waals surface area contributed by atoms with Gasteiger partial charge in [0, 0.05) is 13.2 Å². The van der Waals surface area contributed by atoms with Gasteiger partial charge in [-0.2, -0.15) is 0 Å². The van der Waals surface area contributed by atoms with E-state index in [4.69, 9.17) is 5.73 Å². The summed E-state index contributed by atoms with van der Waals surface area (Å²) in [5.41, 5.74) is 9.52. The van der Waals surface area contributed by atoms with Gasteiger partial charge in [-0.15, -0.1) is 0 Å². The number of benzene rings is 1. The van der Waals surface area contributed by atoms with Crippen LogP contribution in [0.5, 0.6) is 0 Å². The van der Waals surface area contributed by atoms with E-state index in [9.17, 15) is 0 Å². The number of rotatable bonds is 3. The molecule has 2 N–H and O–H groups in total. The predicted molar refractivity (Wildman–Crippen MR) is 65.1 cm³/mol. The molecule has 0 radical (unpaired) electrons. The third-order valence-corrected chi connectivity index (χ3v) is 2.76. The summed E-state index contributed by atoms with van der Waals surface area (Å²) < 4.78 is 1.92. The van der Waals surface area contributed by atoms with E-state index >= 15 is 0 Å². The van der Waals surface area contributed by atoms with E-state index in [1.54, 1.807) is 6.33 Å². The average molecular weight is 215 g/mol. The molecule has 1 atom stereocenters. The van der Waals surface area contributed by atoms with Gasteiger partial charge < -0.3 is 10.3 Å². The lowest BCUT2D eigenvalue weighted by Gasteiger charge is -2.10. The van der Waals surface area contributed by atoms with Crippen LogP contribution in [0, 0.1) is 0 Å². The van der Waals surface area contributed by atoms with Crippen molar-refractivity contribution in [3.8, 4) is 0 Å². The first kappa shape index (κ1) is 10.9. The van der Waals surface area contributed by atoms with Crippen LogP contribution in [0.15, 0.2) is 36.8 Å². The van der Waals surface area contributed by atoms with Crippen molar-refractivity contribution >= 4 is 0 Å². The highest BCUT2D eigenvalue weighted by Gasteiger charge is 2.11. The zero-order chi connectivity index (χ0) is 11.5. The number of nitrogens with zero attached hydrogens (tertiary/aromatic N) is 2. The zero-order valence-corrected chi connectivity index (χ0v) is 9.72. The van der Waals surface area contributed by atoms with Gasteiger partial charge in [0.25, 0.3) is 0 Å². The van der Waals surface area contributed by atoms with Crippen molar-refractivity contribution in [2.45, 2.75) is 19.4 Å². The van der Waals surface area contributed by atoms with Crippen molar-refractivity contribution < 1.29 is 0 Å².